The number of thiophene rings is 1. The van der Waals surface area contributed by atoms with Gasteiger partial charge >= 0.3 is 0 Å². The van der Waals surface area contributed by atoms with E-state index in [9.17, 15) is 0 Å². The summed E-state index contributed by atoms with van der Waals surface area (Å²) >= 11 is 1.76. The van der Waals surface area contributed by atoms with Gasteiger partial charge in [0.2, 0.25) is 0 Å². The van der Waals surface area contributed by atoms with Gasteiger partial charge in [-0.05, 0) is 49.9 Å². The Labute approximate surface area is 105 Å². The molecule has 3 rings (SSSR count). The fraction of sp³-hybridized carbons (Fsp3) is 0.462. The maximum absolute atomic E-state index is 4.50. The third-order valence-corrected chi connectivity index (χ3v) is 4.43. The summed E-state index contributed by atoms with van der Waals surface area (Å²) in [5.74, 6) is 0.650. The van der Waals surface area contributed by atoms with Gasteiger partial charge in [0.05, 0.1) is 4.88 Å². The van der Waals surface area contributed by atoms with Crippen molar-refractivity contribution in [3.05, 3.63) is 28.8 Å². The molecule has 0 bridgehead atoms. The molecule has 1 aliphatic rings. The average Bonchev–Trinajstić information content (AvgIpc) is 2.99. The number of rotatable bonds is 2. The molecule has 4 heteroatoms. The molecule has 2 aromatic rings. The van der Waals surface area contributed by atoms with Crippen molar-refractivity contribution in [2.45, 2.75) is 25.7 Å². The largest absolute Gasteiger partial charge is 0.317 e. The van der Waals surface area contributed by atoms with Gasteiger partial charge in [-0.2, -0.15) is 5.10 Å². The summed E-state index contributed by atoms with van der Waals surface area (Å²) in [4.78, 5) is 1.26. The van der Waals surface area contributed by atoms with Crippen LogP contribution in [-0.2, 0) is 0 Å². The number of aromatic nitrogens is 2. The average molecular weight is 247 g/mol. The van der Waals surface area contributed by atoms with Crippen molar-refractivity contribution < 1.29 is 0 Å². The van der Waals surface area contributed by atoms with E-state index in [4.69, 9.17) is 0 Å². The van der Waals surface area contributed by atoms with Crippen molar-refractivity contribution in [2.24, 2.45) is 0 Å². The lowest BCUT2D eigenvalue weighted by Gasteiger charge is -2.22. The molecule has 3 heterocycles. The highest BCUT2D eigenvalue weighted by Crippen LogP contribution is 2.33. The summed E-state index contributed by atoms with van der Waals surface area (Å²) in [5, 5.41) is 13.3. The second-order valence-electron chi connectivity index (χ2n) is 4.61. The Hall–Kier alpha value is -1.13. The van der Waals surface area contributed by atoms with Crippen LogP contribution in [0.15, 0.2) is 17.5 Å². The maximum Gasteiger partial charge on any atom is 0.105 e. The van der Waals surface area contributed by atoms with E-state index in [2.05, 4.69) is 40.0 Å². The minimum Gasteiger partial charge on any atom is -0.317 e. The molecule has 2 aromatic heterocycles. The molecule has 17 heavy (non-hydrogen) atoms. The molecule has 0 aromatic carbocycles. The predicted molar refractivity (Wildman–Crippen MR) is 71.5 cm³/mol. The number of nitrogens with one attached hydrogen (secondary N) is 2. The fourth-order valence-electron chi connectivity index (χ4n) is 2.57. The Morgan fingerprint density at radius 1 is 1.35 bits per heavy atom. The van der Waals surface area contributed by atoms with Crippen LogP contribution in [0, 0.1) is 6.92 Å². The third-order valence-electron chi connectivity index (χ3n) is 3.55. The maximum atomic E-state index is 4.50. The van der Waals surface area contributed by atoms with Crippen molar-refractivity contribution in [1.29, 1.82) is 0 Å². The monoisotopic (exact) mass is 247 g/mol. The first kappa shape index (κ1) is 11.0. The lowest BCUT2D eigenvalue weighted by atomic mass is 9.92. The fourth-order valence-corrected chi connectivity index (χ4v) is 3.34. The zero-order valence-electron chi connectivity index (χ0n) is 9.99. The van der Waals surface area contributed by atoms with Crippen molar-refractivity contribution >= 4 is 11.3 Å². The standard InChI is InChI=1S/C13H17N3S/c1-9-12(10-4-6-14-7-5-10)15-16-13(9)11-3-2-8-17-11/h2-3,8,10,14H,4-7H2,1H3,(H,15,16). The lowest BCUT2D eigenvalue weighted by Crippen LogP contribution is -2.27. The summed E-state index contributed by atoms with van der Waals surface area (Å²) < 4.78 is 0. The zero-order chi connectivity index (χ0) is 11.7. The van der Waals surface area contributed by atoms with E-state index in [1.165, 1.54) is 29.0 Å². The van der Waals surface area contributed by atoms with E-state index in [1.54, 1.807) is 11.3 Å². The van der Waals surface area contributed by atoms with Gasteiger partial charge in [-0.25, -0.2) is 0 Å². The van der Waals surface area contributed by atoms with E-state index in [0.29, 0.717) is 5.92 Å². The number of piperidine rings is 1. The normalized spacial score (nSPS) is 17.5. The van der Waals surface area contributed by atoms with Gasteiger partial charge in [0.25, 0.3) is 0 Å². The van der Waals surface area contributed by atoms with Crippen LogP contribution in [0.3, 0.4) is 0 Å². The summed E-state index contributed by atoms with van der Waals surface area (Å²) in [6.07, 6.45) is 2.43. The molecule has 0 spiro atoms. The van der Waals surface area contributed by atoms with Gasteiger partial charge in [-0.3, -0.25) is 5.10 Å². The first-order chi connectivity index (χ1) is 8.36. The number of aromatic amines is 1. The Kier molecular flexibility index (Phi) is 2.99. The number of hydrogen-bond donors (Lipinski definition) is 2. The molecule has 0 amide bonds. The van der Waals surface area contributed by atoms with E-state index >= 15 is 0 Å². The van der Waals surface area contributed by atoms with Gasteiger partial charge in [-0.15, -0.1) is 11.3 Å². The first-order valence-corrected chi connectivity index (χ1v) is 7.03. The number of nitrogens with zero attached hydrogens (tertiary/aromatic N) is 1. The second-order valence-corrected chi connectivity index (χ2v) is 5.56. The molecule has 0 atom stereocenters. The number of hydrogen-bond acceptors (Lipinski definition) is 3. The van der Waals surface area contributed by atoms with Gasteiger partial charge in [-0.1, -0.05) is 6.07 Å². The van der Waals surface area contributed by atoms with Gasteiger partial charge in [0, 0.05) is 11.6 Å². The number of H-pyrrole nitrogens is 1. The molecule has 1 saturated heterocycles. The van der Waals surface area contributed by atoms with Crippen LogP contribution in [0.1, 0.15) is 30.0 Å². The lowest BCUT2D eigenvalue weighted by molar-refractivity contribution is 0.451. The highest BCUT2D eigenvalue weighted by Gasteiger charge is 2.21. The zero-order valence-corrected chi connectivity index (χ0v) is 10.8. The molecule has 0 radical (unpaired) electrons. The quantitative estimate of drug-likeness (QED) is 0.856. The third kappa shape index (κ3) is 2.03. The summed E-state index contributed by atoms with van der Waals surface area (Å²) in [5.41, 5.74) is 3.81. The Morgan fingerprint density at radius 2 is 2.18 bits per heavy atom. The molecular weight excluding hydrogens is 230 g/mol. The predicted octanol–water partition coefficient (Wildman–Crippen LogP) is 2.91. The van der Waals surface area contributed by atoms with Crippen molar-refractivity contribution in [2.75, 3.05) is 13.1 Å². The molecule has 0 saturated carbocycles. The van der Waals surface area contributed by atoms with E-state index in [1.807, 2.05) is 0 Å². The summed E-state index contributed by atoms with van der Waals surface area (Å²) in [7, 11) is 0. The Balaban J connectivity index is 1.92. The van der Waals surface area contributed by atoms with Crippen LogP contribution in [0.5, 0.6) is 0 Å². The van der Waals surface area contributed by atoms with Gasteiger partial charge in [0.1, 0.15) is 5.69 Å². The minimum atomic E-state index is 0.650. The minimum absolute atomic E-state index is 0.650. The van der Waals surface area contributed by atoms with Crippen LogP contribution < -0.4 is 5.32 Å². The molecule has 0 unspecified atom stereocenters. The van der Waals surface area contributed by atoms with Crippen LogP contribution in [0.4, 0.5) is 0 Å². The van der Waals surface area contributed by atoms with Crippen molar-refractivity contribution in [3.63, 3.8) is 0 Å². The molecule has 90 valence electrons. The highest BCUT2D eigenvalue weighted by atomic mass is 32.1. The molecule has 1 fully saturated rings. The SMILES string of the molecule is Cc1c(-c2cccs2)n[nH]c1C1CCNCC1. The van der Waals surface area contributed by atoms with E-state index < -0.39 is 0 Å². The van der Waals surface area contributed by atoms with Crippen LogP contribution >= 0.6 is 11.3 Å². The highest BCUT2D eigenvalue weighted by molar-refractivity contribution is 7.13. The van der Waals surface area contributed by atoms with Gasteiger partial charge < -0.3 is 5.32 Å². The summed E-state index contributed by atoms with van der Waals surface area (Å²) in [6, 6.07) is 4.22. The van der Waals surface area contributed by atoms with E-state index in [0.717, 1.165) is 18.8 Å². The smallest absolute Gasteiger partial charge is 0.105 e. The van der Waals surface area contributed by atoms with Crippen LogP contribution in [-0.4, -0.2) is 23.3 Å². The van der Waals surface area contributed by atoms with Crippen LogP contribution in [0.2, 0.25) is 0 Å². The first-order valence-electron chi connectivity index (χ1n) is 6.15. The Morgan fingerprint density at radius 3 is 2.88 bits per heavy atom. The molecule has 2 N–H and O–H groups in total. The molecule has 0 aliphatic carbocycles. The van der Waals surface area contributed by atoms with Crippen molar-refractivity contribution in [1.82, 2.24) is 15.5 Å². The van der Waals surface area contributed by atoms with Crippen LogP contribution in [0.25, 0.3) is 10.6 Å². The molecule has 1 aliphatic heterocycles. The molecular formula is C13H17N3S. The topological polar surface area (TPSA) is 40.7 Å². The second kappa shape index (κ2) is 4.63. The van der Waals surface area contributed by atoms with Gasteiger partial charge in [0.15, 0.2) is 0 Å². The van der Waals surface area contributed by atoms with E-state index in [-0.39, 0.29) is 0 Å². The molecule has 3 nitrogen and oxygen atoms in total. The Bertz CT molecular complexity index is 481. The van der Waals surface area contributed by atoms with Crippen molar-refractivity contribution in [3.8, 4) is 10.6 Å². The summed E-state index contributed by atoms with van der Waals surface area (Å²) in [6.45, 7) is 4.44.